The zero-order valence-electron chi connectivity index (χ0n) is 10.00. The van der Waals surface area contributed by atoms with Gasteiger partial charge >= 0.3 is 0 Å². The van der Waals surface area contributed by atoms with E-state index in [9.17, 15) is 4.79 Å². The molecule has 0 bridgehead atoms. The lowest BCUT2D eigenvalue weighted by Gasteiger charge is -2.04. The average Bonchev–Trinajstić information content (AvgIpc) is 2.46. The van der Waals surface area contributed by atoms with Crippen molar-refractivity contribution in [3.63, 3.8) is 0 Å². The Labute approximate surface area is 109 Å². The average molecular weight is 253 g/mol. The zero-order chi connectivity index (χ0) is 13.7. The fourth-order valence-electron chi connectivity index (χ4n) is 1.49. The molecule has 0 aliphatic rings. The lowest BCUT2D eigenvalue weighted by Crippen LogP contribution is -2.24. The van der Waals surface area contributed by atoms with Crippen molar-refractivity contribution in [3.05, 3.63) is 53.2 Å². The van der Waals surface area contributed by atoms with Crippen LogP contribution in [0.4, 0.5) is 5.82 Å². The van der Waals surface area contributed by atoms with Crippen molar-refractivity contribution in [3.8, 4) is 6.07 Å². The van der Waals surface area contributed by atoms with Gasteiger partial charge in [0.2, 0.25) is 0 Å². The molecule has 0 aliphatic carbocycles. The molecule has 1 heterocycles. The second-order valence-electron chi connectivity index (χ2n) is 3.84. The molecule has 1 aromatic heterocycles. The SMILES string of the molecule is N#Cc1cccc(CNC(=O)c2ccc(N)nn2)c1. The molecule has 0 atom stereocenters. The minimum Gasteiger partial charge on any atom is -0.382 e. The minimum atomic E-state index is -0.338. The number of nitrogens with two attached hydrogens (primary N) is 1. The molecule has 6 heteroatoms. The number of aromatic nitrogens is 2. The van der Waals surface area contributed by atoms with Crippen LogP contribution in [0.15, 0.2) is 36.4 Å². The van der Waals surface area contributed by atoms with Gasteiger partial charge in [0.1, 0.15) is 5.82 Å². The van der Waals surface area contributed by atoms with Crippen LogP contribution in [0, 0.1) is 11.3 Å². The number of nitrogens with one attached hydrogen (secondary N) is 1. The Balaban J connectivity index is 2.00. The van der Waals surface area contributed by atoms with Gasteiger partial charge < -0.3 is 11.1 Å². The standard InChI is InChI=1S/C13H11N5O/c14-7-9-2-1-3-10(6-9)8-16-13(19)11-4-5-12(15)18-17-11/h1-6H,8H2,(H2,15,18)(H,16,19). The molecule has 0 saturated carbocycles. The van der Waals surface area contributed by atoms with Gasteiger partial charge in [-0.1, -0.05) is 12.1 Å². The van der Waals surface area contributed by atoms with Crippen molar-refractivity contribution >= 4 is 11.7 Å². The molecule has 0 unspecified atom stereocenters. The summed E-state index contributed by atoms with van der Waals surface area (Å²) in [7, 11) is 0. The van der Waals surface area contributed by atoms with Gasteiger partial charge in [-0.2, -0.15) is 5.26 Å². The highest BCUT2D eigenvalue weighted by atomic mass is 16.1. The summed E-state index contributed by atoms with van der Waals surface area (Å²) in [5, 5.41) is 18.8. The van der Waals surface area contributed by atoms with Crippen LogP contribution in [0.25, 0.3) is 0 Å². The number of rotatable bonds is 3. The summed E-state index contributed by atoms with van der Waals surface area (Å²) in [4.78, 5) is 11.8. The van der Waals surface area contributed by atoms with E-state index in [0.717, 1.165) is 5.56 Å². The van der Waals surface area contributed by atoms with E-state index < -0.39 is 0 Å². The van der Waals surface area contributed by atoms with Crippen molar-refractivity contribution in [1.29, 1.82) is 5.26 Å². The number of carbonyl (C=O) groups excluding carboxylic acids is 1. The fraction of sp³-hybridized carbons (Fsp3) is 0.0769. The third-order valence-electron chi connectivity index (χ3n) is 2.43. The predicted octanol–water partition coefficient (Wildman–Crippen LogP) is 0.860. The van der Waals surface area contributed by atoms with Gasteiger partial charge in [-0.15, -0.1) is 10.2 Å². The van der Waals surface area contributed by atoms with Crippen LogP contribution in [0.5, 0.6) is 0 Å². The van der Waals surface area contributed by atoms with Crippen LogP contribution < -0.4 is 11.1 Å². The number of nitrogen functional groups attached to an aromatic ring is 1. The highest BCUT2D eigenvalue weighted by Crippen LogP contribution is 2.04. The first kappa shape index (κ1) is 12.5. The van der Waals surface area contributed by atoms with E-state index in [-0.39, 0.29) is 17.4 Å². The molecule has 1 amide bonds. The lowest BCUT2D eigenvalue weighted by molar-refractivity contribution is 0.0945. The number of benzene rings is 1. The molecular formula is C13H11N5O. The molecule has 0 fully saturated rings. The first-order valence-electron chi connectivity index (χ1n) is 5.55. The molecule has 0 saturated heterocycles. The Bertz CT molecular complexity index is 630. The topological polar surface area (TPSA) is 105 Å². The van der Waals surface area contributed by atoms with Gasteiger partial charge in [-0.05, 0) is 29.8 Å². The maximum Gasteiger partial charge on any atom is 0.272 e. The zero-order valence-corrected chi connectivity index (χ0v) is 10.00. The van der Waals surface area contributed by atoms with Crippen LogP contribution >= 0.6 is 0 Å². The number of carbonyl (C=O) groups is 1. The van der Waals surface area contributed by atoms with E-state index in [2.05, 4.69) is 15.5 Å². The lowest BCUT2D eigenvalue weighted by atomic mass is 10.1. The van der Waals surface area contributed by atoms with Gasteiger partial charge in [0.25, 0.3) is 5.91 Å². The summed E-state index contributed by atoms with van der Waals surface area (Å²) in [5.41, 5.74) is 6.99. The number of hydrogen-bond donors (Lipinski definition) is 2. The third-order valence-corrected chi connectivity index (χ3v) is 2.43. The maximum atomic E-state index is 11.8. The molecule has 6 nitrogen and oxygen atoms in total. The largest absolute Gasteiger partial charge is 0.382 e. The molecule has 1 aromatic carbocycles. The van der Waals surface area contributed by atoms with E-state index >= 15 is 0 Å². The Kier molecular flexibility index (Phi) is 3.69. The first-order chi connectivity index (χ1) is 9.19. The van der Waals surface area contributed by atoms with E-state index in [1.165, 1.54) is 12.1 Å². The Morgan fingerprint density at radius 1 is 1.32 bits per heavy atom. The second-order valence-corrected chi connectivity index (χ2v) is 3.84. The van der Waals surface area contributed by atoms with Crippen molar-refractivity contribution in [2.45, 2.75) is 6.54 Å². The maximum absolute atomic E-state index is 11.8. The summed E-state index contributed by atoms with van der Waals surface area (Å²) < 4.78 is 0. The highest BCUT2D eigenvalue weighted by Gasteiger charge is 2.07. The normalized spacial score (nSPS) is 9.63. The number of hydrogen-bond acceptors (Lipinski definition) is 5. The van der Waals surface area contributed by atoms with Crippen molar-refractivity contribution in [2.24, 2.45) is 0 Å². The second kappa shape index (κ2) is 5.60. The first-order valence-corrected chi connectivity index (χ1v) is 5.55. The van der Waals surface area contributed by atoms with E-state index in [4.69, 9.17) is 11.0 Å². The Morgan fingerprint density at radius 2 is 2.16 bits per heavy atom. The van der Waals surface area contributed by atoms with Gasteiger partial charge in [0, 0.05) is 6.54 Å². The van der Waals surface area contributed by atoms with Gasteiger partial charge in [-0.3, -0.25) is 4.79 Å². The molecule has 0 aliphatic heterocycles. The van der Waals surface area contributed by atoms with E-state index in [1.807, 2.05) is 12.1 Å². The smallest absolute Gasteiger partial charge is 0.272 e. The van der Waals surface area contributed by atoms with Crippen molar-refractivity contribution in [1.82, 2.24) is 15.5 Å². The fourth-order valence-corrected chi connectivity index (χ4v) is 1.49. The van der Waals surface area contributed by atoms with Crippen LogP contribution in [-0.2, 0) is 6.54 Å². The summed E-state index contributed by atoms with van der Waals surface area (Å²) in [6.07, 6.45) is 0. The molecule has 3 N–H and O–H groups in total. The van der Waals surface area contributed by atoms with Crippen molar-refractivity contribution in [2.75, 3.05) is 5.73 Å². The summed E-state index contributed by atoms with van der Waals surface area (Å²) >= 11 is 0. The van der Waals surface area contributed by atoms with E-state index in [0.29, 0.717) is 12.1 Å². The number of nitrogens with zero attached hydrogens (tertiary/aromatic N) is 3. The predicted molar refractivity (Wildman–Crippen MR) is 68.8 cm³/mol. The number of nitriles is 1. The van der Waals surface area contributed by atoms with Crippen LogP contribution in [0.2, 0.25) is 0 Å². The third kappa shape index (κ3) is 3.26. The number of amides is 1. The molecular weight excluding hydrogens is 242 g/mol. The van der Waals surface area contributed by atoms with Gasteiger partial charge in [0.15, 0.2) is 5.69 Å². The Morgan fingerprint density at radius 3 is 2.84 bits per heavy atom. The number of anilines is 1. The summed E-state index contributed by atoms with van der Waals surface area (Å²) in [6, 6.07) is 12.1. The summed E-state index contributed by atoms with van der Waals surface area (Å²) in [5.74, 6) is -0.0758. The molecule has 0 spiro atoms. The molecule has 2 rings (SSSR count). The van der Waals surface area contributed by atoms with Gasteiger partial charge in [0.05, 0.1) is 11.6 Å². The molecule has 19 heavy (non-hydrogen) atoms. The Hall–Kier alpha value is -2.94. The van der Waals surface area contributed by atoms with Crippen LogP contribution in [0.3, 0.4) is 0 Å². The highest BCUT2D eigenvalue weighted by molar-refractivity contribution is 5.92. The van der Waals surface area contributed by atoms with Gasteiger partial charge in [-0.25, -0.2) is 0 Å². The van der Waals surface area contributed by atoms with E-state index in [1.54, 1.807) is 18.2 Å². The minimum absolute atomic E-state index is 0.200. The quantitative estimate of drug-likeness (QED) is 0.844. The van der Waals surface area contributed by atoms with Crippen LogP contribution in [0.1, 0.15) is 21.6 Å². The molecule has 2 aromatic rings. The summed E-state index contributed by atoms with van der Waals surface area (Å²) in [6.45, 7) is 0.320. The molecule has 0 radical (unpaired) electrons. The molecule has 94 valence electrons. The monoisotopic (exact) mass is 253 g/mol. The van der Waals surface area contributed by atoms with Crippen LogP contribution in [-0.4, -0.2) is 16.1 Å². The van der Waals surface area contributed by atoms with Crippen molar-refractivity contribution < 1.29 is 4.79 Å².